The molecule has 0 amide bonds. The van der Waals surface area contributed by atoms with Gasteiger partial charge in [-0.25, -0.2) is 9.97 Å². The molecule has 0 saturated carbocycles. The summed E-state index contributed by atoms with van der Waals surface area (Å²) in [6.07, 6.45) is 1.52. The highest BCUT2D eigenvalue weighted by molar-refractivity contribution is 6.58. The molecule has 5 nitrogen and oxygen atoms in total. The third-order valence-corrected chi connectivity index (χ3v) is 3.70. The highest BCUT2D eigenvalue weighted by Crippen LogP contribution is 2.25. The van der Waals surface area contributed by atoms with E-state index in [1.54, 1.807) is 18.2 Å². The van der Waals surface area contributed by atoms with Crippen molar-refractivity contribution in [1.29, 1.82) is 0 Å². The minimum Gasteiger partial charge on any atom is -0.423 e. The number of nitrogens with zero attached hydrogens (tertiary/aromatic N) is 2. The van der Waals surface area contributed by atoms with Crippen molar-refractivity contribution >= 4 is 35.0 Å². The number of fused-ring (bicyclic) bond motifs is 1. The molecule has 1 heterocycles. The maximum atomic E-state index is 9.26. The minimum atomic E-state index is -1.49. The van der Waals surface area contributed by atoms with E-state index in [1.165, 1.54) is 17.5 Å². The molecule has 6 heteroatoms. The van der Waals surface area contributed by atoms with Crippen molar-refractivity contribution in [3.8, 4) is 0 Å². The van der Waals surface area contributed by atoms with Crippen molar-refractivity contribution < 1.29 is 10.0 Å². The summed E-state index contributed by atoms with van der Waals surface area (Å²) in [5, 5.41) is 22.7. The number of aryl methyl sites for hydroxylation is 2. The number of rotatable bonds is 3. The third kappa shape index (κ3) is 2.79. The summed E-state index contributed by atoms with van der Waals surface area (Å²) < 4.78 is 0. The van der Waals surface area contributed by atoms with Crippen LogP contribution in [0.2, 0.25) is 0 Å². The van der Waals surface area contributed by atoms with E-state index >= 15 is 0 Å². The first-order valence-corrected chi connectivity index (χ1v) is 6.99. The van der Waals surface area contributed by atoms with Crippen molar-refractivity contribution in [1.82, 2.24) is 9.97 Å². The van der Waals surface area contributed by atoms with Crippen LogP contribution in [0.5, 0.6) is 0 Å². The van der Waals surface area contributed by atoms with Crippen molar-refractivity contribution in [2.24, 2.45) is 0 Å². The van der Waals surface area contributed by atoms with Crippen LogP contribution in [0.15, 0.2) is 42.7 Å². The average molecular weight is 293 g/mol. The molecule has 0 saturated heterocycles. The first kappa shape index (κ1) is 14.5. The van der Waals surface area contributed by atoms with E-state index in [1.807, 2.05) is 19.1 Å². The number of hydrogen-bond acceptors (Lipinski definition) is 5. The van der Waals surface area contributed by atoms with Crippen molar-refractivity contribution in [3.63, 3.8) is 0 Å². The molecule has 0 aliphatic heterocycles. The molecule has 0 atom stereocenters. The molecule has 3 rings (SSSR count). The molecule has 1 aromatic heterocycles. The van der Waals surface area contributed by atoms with Crippen LogP contribution in [0.25, 0.3) is 10.9 Å². The van der Waals surface area contributed by atoms with Gasteiger partial charge in [-0.05, 0) is 54.7 Å². The van der Waals surface area contributed by atoms with Gasteiger partial charge < -0.3 is 15.4 Å². The highest BCUT2D eigenvalue weighted by Gasteiger charge is 2.12. The second-order valence-corrected chi connectivity index (χ2v) is 5.30. The molecular weight excluding hydrogens is 277 g/mol. The van der Waals surface area contributed by atoms with Gasteiger partial charge in [0.05, 0.1) is 5.52 Å². The van der Waals surface area contributed by atoms with Crippen LogP contribution in [-0.4, -0.2) is 27.1 Å². The lowest BCUT2D eigenvalue weighted by Crippen LogP contribution is -2.29. The van der Waals surface area contributed by atoms with Gasteiger partial charge in [-0.2, -0.15) is 0 Å². The smallest absolute Gasteiger partial charge is 0.423 e. The summed E-state index contributed by atoms with van der Waals surface area (Å²) in [5.74, 6) is 0.692. The molecule has 2 aromatic carbocycles. The summed E-state index contributed by atoms with van der Waals surface area (Å²) in [5.41, 5.74) is 4.39. The predicted molar refractivity (Wildman–Crippen MR) is 88.6 cm³/mol. The molecule has 0 fully saturated rings. The second kappa shape index (κ2) is 5.75. The van der Waals surface area contributed by atoms with Crippen LogP contribution < -0.4 is 10.8 Å². The molecule has 0 bridgehead atoms. The molecule has 0 unspecified atom stereocenters. The van der Waals surface area contributed by atoms with Crippen LogP contribution in [0.3, 0.4) is 0 Å². The molecular formula is C16H16BN3O2. The maximum Gasteiger partial charge on any atom is 0.488 e. The number of aromatic nitrogens is 2. The Morgan fingerprint density at radius 1 is 1.00 bits per heavy atom. The van der Waals surface area contributed by atoms with Gasteiger partial charge in [0.25, 0.3) is 0 Å². The molecule has 3 aromatic rings. The summed E-state index contributed by atoms with van der Waals surface area (Å²) in [7, 11) is -1.49. The lowest BCUT2D eigenvalue weighted by atomic mass is 9.80. The number of benzene rings is 2. The molecule has 0 radical (unpaired) electrons. The molecule has 0 aliphatic rings. The quantitative estimate of drug-likeness (QED) is 0.640. The molecule has 0 spiro atoms. The summed E-state index contributed by atoms with van der Waals surface area (Å²) >= 11 is 0. The van der Waals surface area contributed by atoms with E-state index < -0.39 is 7.12 Å². The van der Waals surface area contributed by atoms with Crippen LogP contribution in [-0.2, 0) is 0 Å². The third-order valence-electron chi connectivity index (χ3n) is 3.70. The fourth-order valence-electron chi connectivity index (χ4n) is 2.33. The number of hydrogen-bond donors (Lipinski definition) is 3. The van der Waals surface area contributed by atoms with Gasteiger partial charge in [0.1, 0.15) is 12.1 Å². The van der Waals surface area contributed by atoms with Crippen LogP contribution >= 0.6 is 0 Å². The van der Waals surface area contributed by atoms with Crippen LogP contribution in [0.4, 0.5) is 11.5 Å². The highest BCUT2D eigenvalue weighted by atomic mass is 16.4. The van der Waals surface area contributed by atoms with Gasteiger partial charge >= 0.3 is 7.12 Å². The summed E-state index contributed by atoms with van der Waals surface area (Å²) in [6.45, 7) is 4.10. The largest absolute Gasteiger partial charge is 0.488 e. The van der Waals surface area contributed by atoms with Gasteiger partial charge in [-0.15, -0.1) is 0 Å². The standard InChI is InChI=1S/C16H16BN3O2/c1-10-6-14-15(7-11(10)2)18-9-19-16(14)20-13-5-3-4-12(8-13)17(21)22/h3-9,21-22H,1-2H3,(H,18,19,20). The van der Waals surface area contributed by atoms with Crippen LogP contribution in [0, 0.1) is 13.8 Å². The van der Waals surface area contributed by atoms with Crippen LogP contribution in [0.1, 0.15) is 11.1 Å². The molecule has 0 aliphatic carbocycles. The normalized spacial score (nSPS) is 10.7. The average Bonchev–Trinajstić information content (AvgIpc) is 2.49. The van der Waals surface area contributed by atoms with Gasteiger partial charge in [0.2, 0.25) is 0 Å². The SMILES string of the molecule is Cc1cc2ncnc(Nc3cccc(B(O)O)c3)c2cc1C. The summed E-state index contributed by atoms with van der Waals surface area (Å²) in [4.78, 5) is 8.60. The Morgan fingerprint density at radius 3 is 2.55 bits per heavy atom. The Bertz CT molecular complexity index is 837. The molecule has 110 valence electrons. The Morgan fingerprint density at radius 2 is 1.77 bits per heavy atom. The Balaban J connectivity index is 2.04. The minimum absolute atomic E-state index is 0.426. The summed E-state index contributed by atoms with van der Waals surface area (Å²) in [6, 6.07) is 11.0. The Labute approximate surface area is 128 Å². The van der Waals surface area contributed by atoms with Crippen molar-refractivity contribution in [2.75, 3.05) is 5.32 Å². The fourth-order valence-corrected chi connectivity index (χ4v) is 2.33. The first-order chi connectivity index (χ1) is 10.5. The first-order valence-electron chi connectivity index (χ1n) is 6.99. The van der Waals surface area contributed by atoms with E-state index in [4.69, 9.17) is 0 Å². The Kier molecular flexibility index (Phi) is 3.79. The Hall–Kier alpha value is -2.44. The second-order valence-electron chi connectivity index (χ2n) is 5.30. The zero-order valence-electron chi connectivity index (χ0n) is 12.4. The zero-order chi connectivity index (χ0) is 15.7. The molecule has 22 heavy (non-hydrogen) atoms. The fraction of sp³-hybridized carbons (Fsp3) is 0.125. The number of nitrogens with one attached hydrogen (secondary N) is 1. The van der Waals surface area contributed by atoms with Gasteiger partial charge in [-0.3, -0.25) is 0 Å². The number of anilines is 2. The predicted octanol–water partition coefficient (Wildman–Crippen LogP) is 1.67. The lowest BCUT2D eigenvalue weighted by molar-refractivity contribution is 0.426. The monoisotopic (exact) mass is 293 g/mol. The topological polar surface area (TPSA) is 78.3 Å². The van der Waals surface area contributed by atoms with E-state index in [0.29, 0.717) is 11.3 Å². The van der Waals surface area contributed by atoms with Crippen molar-refractivity contribution in [2.45, 2.75) is 13.8 Å². The lowest BCUT2D eigenvalue weighted by Gasteiger charge is -2.11. The van der Waals surface area contributed by atoms with E-state index in [2.05, 4.69) is 28.3 Å². The van der Waals surface area contributed by atoms with E-state index in [0.717, 1.165) is 16.6 Å². The molecule has 3 N–H and O–H groups in total. The van der Waals surface area contributed by atoms with E-state index in [9.17, 15) is 10.0 Å². The zero-order valence-corrected chi connectivity index (χ0v) is 12.4. The maximum absolute atomic E-state index is 9.26. The van der Waals surface area contributed by atoms with Gasteiger partial charge in [0, 0.05) is 11.1 Å². The van der Waals surface area contributed by atoms with E-state index in [-0.39, 0.29) is 0 Å². The van der Waals surface area contributed by atoms with Crippen molar-refractivity contribution in [3.05, 3.63) is 53.9 Å². The van der Waals surface area contributed by atoms with Gasteiger partial charge in [-0.1, -0.05) is 12.1 Å². The van der Waals surface area contributed by atoms with Gasteiger partial charge in [0.15, 0.2) is 0 Å².